The largest absolute Gasteiger partial charge is 0.289 e. The van der Waals surface area contributed by atoms with E-state index in [0.717, 1.165) is 0 Å². The molecule has 1 aliphatic rings. The van der Waals surface area contributed by atoms with Gasteiger partial charge in [-0.2, -0.15) is 0 Å². The number of nitrogens with zero attached hydrogens (tertiary/aromatic N) is 4. The van der Waals surface area contributed by atoms with Gasteiger partial charge in [0.2, 0.25) is 12.1 Å². The smallest absolute Gasteiger partial charge is 0.245 e. The van der Waals surface area contributed by atoms with Crippen molar-refractivity contribution in [1.29, 1.82) is 0 Å². The molecule has 0 aromatic carbocycles. The van der Waals surface area contributed by atoms with Gasteiger partial charge in [0.05, 0.1) is 11.4 Å². The molecule has 0 unspecified atom stereocenters. The standard InChI is InChI=1S/C17H19N5O4/c1-17(2)15(21(23)24)13(11-7-3-5-9-18-11)20-14(16(17)22(25)26)12-8-4-6-10-19-12/h3-10,13-16,20H,1-2H3/t13-,14+,15-,16-/m0/s1. The van der Waals surface area contributed by atoms with Crippen LogP contribution in [0.25, 0.3) is 0 Å². The maximum absolute atomic E-state index is 11.9. The number of nitrogens with one attached hydrogen (secondary N) is 1. The highest BCUT2D eigenvalue weighted by molar-refractivity contribution is 5.21. The summed E-state index contributed by atoms with van der Waals surface area (Å²) in [6.07, 6.45) is 3.10. The van der Waals surface area contributed by atoms with Gasteiger partial charge in [-0.05, 0) is 38.1 Å². The maximum Gasteiger partial charge on any atom is 0.245 e. The molecule has 0 bridgehead atoms. The fourth-order valence-electron chi connectivity index (χ4n) is 3.81. The van der Waals surface area contributed by atoms with Crippen LogP contribution in [0.1, 0.15) is 37.3 Å². The van der Waals surface area contributed by atoms with Crippen LogP contribution in [0.15, 0.2) is 48.8 Å². The van der Waals surface area contributed by atoms with Crippen LogP contribution >= 0.6 is 0 Å². The van der Waals surface area contributed by atoms with Crippen molar-refractivity contribution in [2.45, 2.75) is 38.0 Å². The summed E-state index contributed by atoms with van der Waals surface area (Å²) >= 11 is 0. The zero-order chi connectivity index (χ0) is 18.9. The Hall–Kier alpha value is -2.94. The minimum atomic E-state index is -1.23. The van der Waals surface area contributed by atoms with Crippen molar-refractivity contribution in [2.75, 3.05) is 0 Å². The monoisotopic (exact) mass is 357 g/mol. The molecule has 1 N–H and O–H groups in total. The van der Waals surface area contributed by atoms with E-state index in [0.29, 0.717) is 11.4 Å². The first kappa shape index (κ1) is 17.9. The highest BCUT2D eigenvalue weighted by Crippen LogP contribution is 2.46. The minimum absolute atomic E-state index is 0.447. The summed E-state index contributed by atoms with van der Waals surface area (Å²) in [5, 5.41) is 26.8. The number of hydrogen-bond acceptors (Lipinski definition) is 7. The average molecular weight is 357 g/mol. The quantitative estimate of drug-likeness (QED) is 0.657. The SMILES string of the molecule is CC1(C)[C@@H]([N+](=O)[O-])[C@@H](c2ccccn2)N[C@@H](c2ccccn2)[C@@H]1[N+](=O)[O-]. The second-order valence-electron chi connectivity index (χ2n) is 6.91. The lowest BCUT2D eigenvalue weighted by molar-refractivity contribution is -0.605. The molecule has 136 valence electrons. The van der Waals surface area contributed by atoms with E-state index in [2.05, 4.69) is 15.3 Å². The molecule has 3 rings (SSSR count). The Bertz CT molecular complexity index is 734. The maximum atomic E-state index is 11.9. The molecule has 2 aromatic heterocycles. The summed E-state index contributed by atoms with van der Waals surface area (Å²) in [5.74, 6) is 0. The molecule has 9 nitrogen and oxygen atoms in total. The molecule has 4 atom stereocenters. The summed E-state index contributed by atoms with van der Waals surface area (Å²) in [6.45, 7) is 3.14. The third-order valence-corrected chi connectivity index (χ3v) is 4.98. The number of hydrogen-bond donors (Lipinski definition) is 1. The van der Waals surface area contributed by atoms with Crippen molar-refractivity contribution in [2.24, 2.45) is 5.41 Å². The summed E-state index contributed by atoms with van der Waals surface area (Å²) < 4.78 is 0. The summed E-state index contributed by atoms with van der Waals surface area (Å²) in [6, 6.07) is 6.31. The van der Waals surface area contributed by atoms with E-state index >= 15 is 0 Å². The number of pyridine rings is 2. The third-order valence-electron chi connectivity index (χ3n) is 4.98. The van der Waals surface area contributed by atoms with Crippen LogP contribution in [-0.2, 0) is 0 Å². The molecule has 0 saturated carbocycles. The molecule has 3 heterocycles. The number of aromatic nitrogens is 2. The zero-order valence-electron chi connectivity index (χ0n) is 14.4. The van der Waals surface area contributed by atoms with Crippen molar-refractivity contribution < 1.29 is 9.85 Å². The second kappa shape index (κ2) is 6.75. The summed E-state index contributed by atoms with van der Waals surface area (Å²) in [7, 11) is 0. The molecular formula is C17H19N5O4. The van der Waals surface area contributed by atoms with Gasteiger partial charge in [-0.1, -0.05) is 12.1 Å². The Morgan fingerprint density at radius 3 is 1.62 bits per heavy atom. The van der Waals surface area contributed by atoms with Crippen LogP contribution in [0.2, 0.25) is 0 Å². The lowest BCUT2D eigenvalue weighted by Gasteiger charge is -2.43. The van der Waals surface area contributed by atoms with Crippen LogP contribution in [-0.4, -0.2) is 31.9 Å². The van der Waals surface area contributed by atoms with Crippen LogP contribution in [0.5, 0.6) is 0 Å². The Morgan fingerprint density at radius 2 is 1.31 bits per heavy atom. The predicted molar refractivity (Wildman–Crippen MR) is 92.4 cm³/mol. The second-order valence-corrected chi connectivity index (χ2v) is 6.91. The Labute approximate surface area is 149 Å². The third kappa shape index (κ3) is 3.01. The van der Waals surface area contributed by atoms with E-state index in [4.69, 9.17) is 0 Å². The van der Waals surface area contributed by atoms with Crippen molar-refractivity contribution >= 4 is 0 Å². The van der Waals surface area contributed by atoms with Gasteiger partial charge in [-0.3, -0.25) is 35.5 Å². The lowest BCUT2D eigenvalue weighted by Crippen LogP contribution is -2.63. The first-order valence-corrected chi connectivity index (χ1v) is 8.19. The number of piperidine rings is 1. The molecule has 0 spiro atoms. The molecule has 0 aliphatic carbocycles. The normalized spacial score (nSPS) is 27.6. The summed E-state index contributed by atoms with van der Waals surface area (Å²) in [5.41, 5.74) is -0.280. The Kier molecular flexibility index (Phi) is 4.64. The van der Waals surface area contributed by atoms with Crippen molar-refractivity contribution in [3.8, 4) is 0 Å². The molecule has 9 heteroatoms. The molecule has 1 fully saturated rings. The molecule has 1 saturated heterocycles. The van der Waals surface area contributed by atoms with Crippen LogP contribution < -0.4 is 5.32 Å². The van der Waals surface area contributed by atoms with Gasteiger partial charge in [0, 0.05) is 22.2 Å². The van der Waals surface area contributed by atoms with Gasteiger partial charge in [-0.25, -0.2) is 0 Å². The average Bonchev–Trinajstić information content (AvgIpc) is 2.60. The fourth-order valence-corrected chi connectivity index (χ4v) is 3.81. The zero-order valence-corrected chi connectivity index (χ0v) is 14.4. The van der Waals surface area contributed by atoms with Gasteiger partial charge < -0.3 is 0 Å². The number of rotatable bonds is 4. The Morgan fingerprint density at radius 1 is 0.885 bits per heavy atom. The molecule has 1 aliphatic heterocycles. The van der Waals surface area contributed by atoms with Crippen molar-refractivity contribution in [1.82, 2.24) is 15.3 Å². The van der Waals surface area contributed by atoms with Crippen LogP contribution in [0.4, 0.5) is 0 Å². The fraction of sp³-hybridized carbons (Fsp3) is 0.412. The first-order valence-electron chi connectivity index (χ1n) is 8.19. The van der Waals surface area contributed by atoms with Crippen molar-refractivity contribution in [3.05, 3.63) is 80.4 Å². The van der Waals surface area contributed by atoms with Crippen molar-refractivity contribution in [3.63, 3.8) is 0 Å². The minimum Gasteiger partial charge on any atom is -0.289 e. The van der Waals surface area contributed by atoms with E-state index in [1.807, 2.05) is 0 Å². The molecular weight excluding hydrogens is 338 g/mol. The van der Waals surface area contributed by atoms with E-state index in [1.54, 1.807) is 62.6 Å². The topological polar surface area (TPSA) is 124 Å². The van der Waals surface area contributed by atoms with E-state index in [1.165, 1.54) is 0 Å². The van der Waals surface area contributed by atoms with E-state index in [-0.39, 0.29) is 0 Å². The molecule has 0 radical (unpaired) electrons. The molecule has 2 aromatic rings. The molecule has 0 amide bonds. The van der Waals surface area contributed by atoms with Gasteiger partial charge in [0.1, 0.15) is 17.5 Å². The molecule has 26 heavy (non-hydrogen) atoms. The highest BCUT2D eigenvalue weighted by Gasteiger charge is 2.63. The van der Waals surface area contributed by atoms with Gasteiger partial charge in [0.15, 0.2) is 0 Å². The predicted octanol–water partition coefficient (Wildman–Crippen LogP) is 2.18. The van der Waals surface area contributed by atoms with E-state index < -0.39 is 39.4 Å². The Balaban J connectivity index is 2.14. The van der Waals surface area contributed by atoms with Gasteiger partial charge in [0.25, 0.3) is 0 Å². The first-order chi connectivity index (χ1) is 12.3. The van der Waals surface area contributed by atoms with Crippen LogP contribution in [0, 0.1) is 25.6 Å². The summed E-state index contributed by atoms with van der Waals surface area (Å²) in [4.78, 5) is 31.3. The lowest BCUT2D eigenvalue weighted by atomic mass is 9.67. The number of nitro groups is 2. The van der Waals surface area contributed by atoms with Gasteiger partial charge in [-0.15, -0.1) is 0 Å². The van der Waals surface area contributed by atoms with Crippen LogP contribution in [0.3, 0.4) is 0 Å². The highest BCUT2D eigenvalue weighted by atomic mass is 16.6. The van der Waals surface area contributed by atoms with Gasteiger partial charge >= 0.3 is 0 Å². The van der Waals surface area contributed by atoms with E-state index in [9.17, 15) is 20.2 Å².